The van der Waals surface area contributed by atoms with Crippen LogP contribution in [0, 0.1) is 11.8 Å². The molecule has 2 aliphatic rings. The molecule has 1 heterocycles. The van der Waals surface area contributed by atoms with E-state index >= 15 is 0 Å². The summed E-state index contributed by atoms with van der Waals surface area (Å²) in [4.78, 5) is 28.2. The lowest BCUT2D eigenvalue weighted by atomic mass is 9.83. The van der Waals surface area contributed by atoms with Crippen molar-refractivity contribution < 1.29 is 24.3 Å². The van der Waals surface area contributed by atoms with Crippen LogP contribution < -0.4 is 0 Å². The van der Waals surface area contributed by atoms with E-state index in [-0.39, 0.29) is 6.54 Å². The molecular weight excluding hydrogens is 286 g/mol. The summed E-state index contributed by atoms with van der Waals surface area (Å²) >= 11 is 0. The Labute approximate surface area is 131 Å². The van der Waals surface area contributed by atoms with E-state index in [1.165, 1.54) is 19.3 Å². The molecule has 0 radical (unpaired) electrons. The van der Waals surface area contributed by atoms with E-state index in [4.69, 9.17) is 9.57 Å². The minimum Gasteiger partial charge on any atom is -0.481 e. The van der Waals surface area contributed by atoms with Crippen LogP contribution in [-0.2, 0) is 19.2 Å². The second-order valence-corrected chi connectivity index (χ2v) is 6.38. The van der Waals surface area contributed by atoms with Crippen LogP contribution in [-0.4, -0.2) is 42.0 Å². The number of ether oxygens (including phenoxy) is 1. The van der Waals surface area contributed by atoms with Gasteiger partial charge in [-0.15, -0.1) is 0 Å². The number of rotatable bonds is 8. The second-order valence-electron chi connectivity index (χ2n) is 6.38. The fraction of sp³-hybridized carbons (Fsp3) is 0.875. The zero-order valence-corrected chi connectivity index (χ0v) is 13.1. The smallest absolute Gasteiger partial charge is 0.308 e. The van der Waals surface area contributed by atoms with Crippen LogP contribution in [0.1, 0.15) is 57.8 Å². The summed E-state index contributed by atoms with van der Waals surface area (Å²) in [5.41, 5.74) is 0. The average molecular weight is 313 g/mol. The molecule has 0 spiro atoms. The standard InChI is InChI=1S/C16H27NO5/c18-12-17(22-15-8-4-5-9-21-15)11-14(16(19)20)10-13-6-2-1-3-7-13/h12-15H,1-11H2,(H,19,20). The molecule has 6 nitrogen and oxygen atoms in total. The summed E-state index contributed by atoms with van der Waals surface area (Å²) in [6.07, 6.45) is 9.30. The molecule has 22 heavy (non-hydrogen) atoms. The van der Waals surface area contributed by atoms with Crippen molar-refractivity contribution in [2.75, 3.05) is 13.2 Å². The Balaban J connectivity index is 1.83. The zero-order valence-electron chi connectivity index (χ0n) is 13.1. The fourth-order valence-corrected chi connectivity index (χ4v) is 3.35. The maximum Gasteiger partial charge on any atom is 0.308 e. The first-order chi connectivity index (χ1) is 10.7. The van der Waals surface area contributed by atoms with E-state index in [2.05, 4.69) is 0 Å². The molecule has 6 heteroatoms. The Hall–Kier alpha value is -1.14. The lowest BCUT2D eigenvalue weighted by molar-refractivity contribution is -0.276. The van der Waals surface area contributed by atoms with Gasteiger partial charge in [0.1, 0.15) is 0 Å². The monoisotopic (exact) mass is 313 g/mol. The van der Waals surface area contributed by atoms with E-state index in [1.807, 2.05) is 0 Å². The summed E-state index contributed by atoms with van der Waals surface area (Å²) in [7, 11) is 0. The van der Waals surface area contributed by atoms with Crippen LogP contribution >= 0.6 is 0 Å². The molecule has 0 aromatic rings. The van der Waals surface area contributed by atoms with Gasteiger partial charge in [-0.2, -0.15) is 0 Å². The number of hydrogen-bond donors (Lipinski definition) is 1. The van der Waals surface area contributed by atoms with Crippen LogP contribution in [0.2, 0.25) is 0 Å². The van der Waals surface area contributed by atoms with Crippen molar-refractivity contribution in [1.82, 2.24) is 5.06 Å². The molecule has 1 amide bonds. The lowest BCUT2D eigenvalue weighted by Crippen LogP contribution is -2.38. The summed E-state index contributed by atoms with van der Waals surface area (Å²) in [5.74, 6) is -0.975. The highest BCUT2D eigenvalue weighted by atomic mass is 16.8. The van der Waals surface area contributed by atoms with E-state index in [0.29, 0.717) is 25.4 Å². The summed E-state index contributed by atoms with van der Waals surface area (Å²) in [6, 6.07) is 0. The number of aliphatic carboxylic acids is 1. The van der Waals surface area contributed by atoms with Gasteiger partial charge in [0.05, 0.1) is 12.5 Å². The topological polar surface area (TPSA) is 76.1 Å². The van der Waals surface area contributed by atoms with E-state index in [9.17, 15) is 14.7 Å². The molecule has 1 aliphatic carbocycles. The predicted molar refractivity (Wildman–Crippen MR) is 79.8 cm³/mol. The van der Waals surface area contributed by atoms with E-state index in [0.717, 1.165) is 37.2 Å². The number of carbonyl (C=O) groups excluding carboxylic acids is 1. The first-order valence-electron chi connectivity index (χ1n) is 8.42. The summed E-state index contributed by atoms with van der Waals surface area (Å²) in [6.45, 7) is 0.719. The van der Waals surface area contributed by atoms with Crippen molar-refractivity contribution in [2.45, 2.75) is 64.1 Å². The molecule has 0 aromatic heterocycles. The Kier molecular flexibility index (Phi) is 7.12. The molecule has 2 fully saturated rings. The van der Waals surface area contributed by atoms with Gasteiger partial charge in [0.25, 0.3) is 0 Å². The molecule has 2 atom stereocenters. The molecule has 1 saturated carbocycles. The Morgan fingerprint density at radius 2 is 1.95 bits per heavy atom. The van der Waals surface area contributed by atoms with Gasteiger partial charge in [0, 0.05) is 13.0 Å². The van der Waals surface area contributed by atoms with Crippen molar-refractivity contribution in [3.8, 4) is 0 Å². The maximum absolute atomic E-state index is 11.5. The minimum absolute atomic E-state index is 0.0925. The predicted octanol–water partition coefficient (Wildman–Crippen LogP) is 2.57. The lowest BCUT2D eigenvalue weighted by Gasteiger charge is -2.30. The molecular formula is C16H27NO5. The first-order valence-corrected chi connectivity index (χ1v) is 8.42. The maximum atomic E-state index is 11.5. The highest BCUT2D eigenvalue weighted by molar-refractivity contribution is 5.70. The van der Waals surface area contributed by atoms with Gasteiger partial charge < -0.3 is 9.84 Å². The molecule has 1 saturated heterocycles. The van der Waals surface area contributed by atoms with Crippen molar-refractivity contribution in [3.05, 3.63) is 0 Å². The van der Waals surface area contributed by atoms with Gasteiger partial charge in [-0.1, -0.05) is 32.1 Å². The third kappa shape index (κ3) is 5.57. The number of carboxylic acids is 1. The third-order valence-corrected chi connectivity index (χ3v) is 4.60. The molecule has 1 aliphatic heterocycles. The van der Waals surface area contributed by atoms with Gasteiger partial charge >= 0.3 is 5.97 Å². The SMILES string of the molecule is O=CN(CC(CC1CCCCC1)C(=O)O)OC1CCCCO1. The number of carbonyl (C=O) groups is 2. The summed E-state index contributed by atoms with van der Waals surface area (Å²) < 4.78 is 5.43. The van der Waals surface area contributed by atoms with Gasteiger partial charge in [0.15, 0.2) is 6.29 Å². The van der Waals surface area contributed by atoms with E-state index < -0.39 is 18.2 Å². The molecule has 2 rings (SSSR count). The Morgan fingerprint density at radius 1 is 1.23 bits per heavy atom. The van der Waals surface area contributed by atoms with Crippen molar-refractivity contribution in [3.63, 3.8) is 0 Å². The fourth-order valence-electron chi connectivity index (χ4n) is 3.35. The highest BCUT2D eigenvalue weighted by Crippen LogP contribution is 2.29. The number of carboxylic acid groups (broad SMARTS) is 1. The Bertz CT molecular complexity index is 350. The van der Waals surface area contributed by atoms with E-state index in [1.54, 1.807) is 0 Å². The number of hydrogen-bond acceptors (Lipinski definition) is 4. The quantitative estimate of drug-likeness (QED) is 0.550. The number of amides is 1. The van der Waals surface area contributed by atoms with Crippen LogP contribution in [0.5, 0.6) is 0 Å². The van der Waals surface area contributed by atoms with Crippen LogP contribution in [0.3, 0.4) is 0 Å². The highest BCUT2D eigenvalue weighted by Gasteiger charge is 2.27. The molecule has 1 N–H and O–H groups in total. The molecule has 0 bridgehead atoms. The minimum atomic E-state index is -0.856. The van der Waals surface area contributed by atoms with Gasteiger partial charge in [-0.3, -0.25) is 9.59 Å². The van der Waals surface area contributed by atoms with Crippen molar-refractivity contribution in [2.24, 2.45) is 11.8 Å². The van der Waals surface area contributed by atoms with Crippen molar-refractivity contribution >= 4 is 12.4 Å². The third-order valence-electron chi connectivity index (χ3n) is 4.60. The van der Waals surface area contributed by atoms with Crippen LogP contribution in [0.15, 0.2) is 0 Å². The average Bonchev–Trinajstić information content (AvgIpc) is 2.55. The van der Waals surface area contributed by atoms with Gasteiger partial charge in [-0.25, -0.2) is 9.90 Å². The van der Waals surface area contributed by atoms with Crippen molar-refractivity contribution in [1.29, 1.82) is 0 Å². The normalized spacial score (nSPS) is 24.6. The molecule has 0 aromatic carbocycles. The largest absolute Gasteiger partial charge is 0.481 e. The molecule has 2 unspecified atom stereocenters. The van der Waals surface area contributed by atoms with Crippen LogP contribution in [0.25, 0.3) is 0 Å². The van der Waals surface area contributed by atoms with Gasteiger partial charge in [0.2, 0.25) is 6.41 Å². The second kappa shape index (κ2) is 9.10. The van der Waals surface area contributed by atoms with Crippen LogP contribution in [0.4, 0.5) is 0 Å². The number of nitrogens with zero attached hydrogens (tertiary/aromatic N) is 1. The van der Waals surface area contributed by atoms with Gasteiger partial charge in [-0.05, 0) is 25.2 Å². The summed E-state index contributed by atoms with van der Waals surface area (Å²) in [5, 5.41) is 10.5. The Morgan fingerprint density at radius 3 is 2.55 bits per heavy atom. The first kappa shape index (κ1) is 17.2. The number of hydroxylamine groups is 2. The molecule has 126 valence electrons. The zero-order chi connectivity index (χ0) is 15.8.